The second-order valence-corrected chi connectivity index (χ2v) is 8.59. The first kappa shape index (κ1) is 19.8. The summed E-state index contributed by atoms with van der Waals surface area (Å²) in [5.74, 6) is 2.15. The number of pyridine rings is 1. The standard InChI is InChI=1S/C22H24BrN5O/c1-15(2)22(29)27-12-9-16(10-13-27)21-25-20(17-4-3-11-24-14-17)26-28(21)19-7-5-18(23)6-8-19/h3-8,11,14-16H,9-10,12-13H2,1-2H3. The van der Waals surface area contributed by atoms with Gasteiger partial charge in [0.2, 0.25) is 5.91 Å². The molecule has 1 amide bonds. The largest absolute Gasteiger partial charge is 0.342 e. The van der Waals surface area contributed by atoms with Gasteiger partial charge in [-0.15, -0.1) is 5.10 Å². The molecule has 6 nitrogen and oxygen atoms in total. The van der Waals surface area contributed by atoms with Crippen LogP contribution in [0.4, 0.5) is 0 Å². The number of piperidine rings is 1. The van der Waals surface area contributed by atoms with E-state index >= 15 is 0 Å². The fraction of sp³-hybridized carbons (Fsp3) is 0.364. The van der Waals surface area contributed by atoms with Crippen molar-refractivity contribution >= 4 is 21.8 Å². The molecule has 3 heterocycles. The number of aromatic nitrogens is 4. The van der Waals surface area contributed by atoms with Crippen molar-refractivity contribution < 1.29 is 4.79 Å². The van der Waals surface area contributed by atoms with Gasteiger partial charge in [0.25, 0.3) is 0 Å². The lowest BCUT2D eigenvalue weighted by Gasteiger charge is -2.32. The summed E-state index contributed by atoms with van der Waals surface area (Å²) in [6.07, 6.45) is 5.31. The fourth-order valence-corrected chi connectivity index (χ4v) is 3.97. The molecule has 1 saturated heterocycles. The quantitative estimate of drug-likeness (QED) is 0.584. The van der Waals surface area contributed by atoms with Crippen molar-refractivity contribution in [2.45, 2.75) is 32.6 Å². The molecule has 3 aromatic rings. The number of benzene rings is 1. The van der Waals surface area contributed by atoms with E-state index in [-0.39, 0.29) is 17.7 Å². The van der Waals surface area contributed by atoms with Crippen LogP contribution in [0.5, 0.6) is 0 Å². The molecular formula is C22H24BrN5O. The Bertz CT molecular complexity index is 976. The average Bonchev–Trinajstić information content (AvgIpc) is 3.20. The Morgan fingerprint density at radius 1 is 1.14 bits per heavy atom. The van der Waals surface area contributed by atoms with Gasteiger partial charge < -0.3 is 4.90 Å². The van der Waals surface area contributed by atoms with Crippen LogP contribution < -0.4 is 0 Å². The Balaban J connectivity index is 1.66. The van der Waals surface area contributed by atoms with E-state index in [1.807, 2.05) is 59.8 Å². The van der Waals surface area contributed by atoms with Crippen LogP contribution in [0.3, 0.4) is 0 Å². The van der Waals surface area contributed by atoms with Crippen LogP contribution in [0.15, 0.2) is 53.3 Å². The molecule has 0 N–H and O–H groups in total. The van der Waals surface area contributed by atoms with Gasteiger partial charge in [-0.3, -0.25) is 9.78 Å². The maximum absolute atomic E-state index is 12.3. The fourth-order valence-electron chi connectivity index (χ4n) is 3.70. The Hall–Kier alpha value is -2.54. The Labute approximate surface area is 179 Å². The molecule has 0 unspecified atom stereocenters. The molecule has 4 rings (SSSR count). The third kappa shape index (κ3) is 4.24. The van der Waals surface area contributed by atoms with Crippen LogP contribution in [0, 0.1) is 5.92 Å². The number of carbonyl (C=O) groups excluding carboxylic acids is 1. The lowest BCUT2D eigenvalue weighted by molar-refractivity contribution is -0.135. The minimum absolute atomic E-state index is 0.0372. The topological polar surface area (TPSA) is 63.9 Å². The van der Waals surface area contributed by atoms with Crippen LogP contribution in [0.2, 0.25) is 0 Å². The number of carbonyl (C=O) groups is 1. The van der Waals surface area contributed by atoms with Crippen LogP contribution in [-0.4, -0.2) is 43.6 Å². The average molecular weight is 454 g/mol. The lowest BCUT2D eigenvalue weighted by atomic mass is 9.95. The molecule has 1 aromatic carbocycles. The Morgan fingerprint density at radius 3 is 2.48 bits per heavy atom. The van der Waals surface area contributed by atoms with E-state index in [1.165, 1.54) is 0 Å². The van der Waals surface area contributed by atoms with Crippen molar-refractivity contribution in [3.63, 3.8) is 0 Å². The first-order chi connectivity index (χ1) is 14.0. The summed E-state index contributed by atoms with van der Waals surface area (Å²) < 4.78 is 2.97. The molecule has 0 radical (unpaired) electrons. The molecule has 1 aliphatic rings. The number of hydrogen-bond acceptors (Lipinski definition) is 4. The molecule has 7 heteroatoms. The highest BCUT2D eigenvalue weighted by molar-refractivity contribution is 9.10. The zero-order valence-electron chi connectivity index (χ0n) is 16.6. The van der Waals surface area contributed by atoms with Gasteiger partial charge in [-0.25, -0.2) is 9.67 Å². The van der Waals surface area contributed by atoms with Gasteiger partial charge in [-0.05, 0) is 49.2 Å². The van der Waals surface area contributed by atoms with E-state index < -0.39 is 0 Å². The second kappa shape index (κ2) is 8.45. The second-order valence-electron chi connectivity index (χ2n) is 7.68. The van der Waals surface area contributed by atoms with Crippen LogP contribution in [0.1, 0.15) is 38.4 Å². The third-order valence-electron chi connectivity index (χ3n) is 5.29. The van der Waals surface area contributed by atoms with E-state index in [1.54, 1.807) is 12.4 Å². The van der Waals surface area contributed by atoms with Crippen LogP contribution >= 0.6 is 15.9 Å². The summed E-state index contributed by atoms with van der Waals surface area (Å²) in [5.41, 5.74) is 1.88. The van der Waals surface area contributed by atoms with Gasteiger partial charge >= 0.3 is 0 Å². The smallest absolute Gasteiger partial charge is 0.225 e. The van der Waals surface area contributed by atoms with Gasteiger partial charge in [0.15, 0.2) is 5.82 Å². The Kier molecular flexibility index (Phi) is 5.76. The molecule has 0 aliphatic carbocycles. The van der Waals surface area contributed by atoms with Gasteiger partial charge in [0.05, 0.1) is 5.69 Å². The first-order valence-electron chi connectivity index (χ1n) is 9.95. The molecule has 2 aromatic heterocycles. The van der Waals surface area contributed by atoms with E-state index in [2.05, 4.69) is 20.9 Å². The van der Waals surface area contributed by atoms with Crippen molar-refractivity contribution in [2.75, 3.05) is 13.1 Å². The van der Waals surface area contributed by atoms with Crippen molar-refractivity contribution in [1.29, 1.82) is 0 Å². The van der Waals surface area contributed by atoms with Crippen molar-refractivity contribution in [2.24, 2.45) is 5.92 Å². The highest BCUT2D eigenvalue weighted by Crippen LogP contribution is 2.31. The lowest BCUT2D eigenvalue weighted by Crippen LogP contribution is -2.40. The van der Waals surface area contributed by atoms with Gasteiger partial charge in [0.1, 0.15) is 5.82 Å². The minimum atomic E-state index is 0.0372. The first-order valence-corrected chi connectivity index (χ1v) is 10.7. The SMILES string of the molecule is CC(C)C(=O)N1CCC(c2nc(-c3cccnc3)nn2-c2ccc(Br)cc2)CC1. The highest BCUT2D eigenvalue weighted by atomic mass is 79.9. The predicted octanol–water partition coefficient (Wildman–Crippen LogP) is 4.45. The zero-order valence-corrected chi connectivity index (χ0v) is 18.2. The summed E-state index contributed by atoms with van der Waals surface area (Å²) in [5, 5.41) is 4.81. The number of likely N-dealkylation sites (tertiary alicyclic amines) is 1. The molecule has 0 bridgehead atoms. The van der Waals surface area contributed by atoms with E-state index in [4.69, 9.17) is 10.1 Å². The van der Waals surface area contributed by atoms with Crippen LogP contribution in [-0.2, 0) is 4.79 Å². The molecule has 0 saturated carbocycles. The summed E-state index contributed by atoms with van der Waals surface area (Å²) in [6, 6.07) is 12.0. The molecule has 29 heavy (non-hydrogen) atoms. The molecule has 0 spiro atoms. The molecule has 1 aliphatic heterocycles. The highest BCUT2D eigenvalue weighted by Gasteiger charge is 2.29. The molecule has 1 fully saturated rings. The number of hydrogen-bond donors (Lipinski definition) is 0. The zero-order chi connectivity index (χ0) is 20.4. The normalized spacial score (nSPS) is 15.1. The van der Waals surface area contributed by atoms with Gasteiger partial charge in [-0.2, -0.15) is 0 Å². The maximum Gasteiger partial charge on any atom is 0.225 e. The predicted molar refractivity (Wildman–Crippen MR) is 116 cm³/mol. The Morgan fingerprint density at radius 2 is 1.86 bits per heavy atom. The van der Waals surface area contributed by atoms with Gasteiger partial charge in [0, 0.05) is 47.4 Å². The number of amides is 1. The van der Waals surface area contributed by atoms with Crippen LogP contribution in [0.25, 0.3) is 17.1 Å². The monoisotopic (exact) mass is 453 g/mol. The summed E-state index contributed by atoms with van der Waals surface area (Å²) in [4.78, 5) is 23.4. The number of rotatable bonds is 4. The number of nitrogens with zero attached hydrogens (tertiary/aromatic N) is 5. The summed E-state index contributed by atoms with van der Waals surface area (Å²) in [7, 11) is 0. The minimum Gasteiger partial charge on any atom is -0.342 e. The summed E-state index contributed by atoms with van der Waals surface area (Å²) in [6.45, 7) is 5.44. The maximum atomic E-state index is 12.3. The van der Waals surface area contributed by atoms with E-state index in [0.717, 1.165) is 47.5 Å². The van der Waals surface area contributed by atoms with Gasteiger partial charge in [-0.1, -0.05) is 29.8 Å². The van der Waals surface area contributed by atoms with E-state index in [9.17, 15) is 4.79 Å². The van der Waals surface area contributed by atoms with Crippen molar-refractivity contribution in [3.8, 4) is 17.1 Å². The van der Waals surface area contributed by atoms with Crippen molar-refractivity contribution in [1.82, 2.24) is 24.6 Å². The third-order valence-corrected chi connectivity index (χ3v) is 5.82. The number of halogens is 1. The molecule has 0 atom stereocenters. The van der Waals surface area contributed by atoms with Crippen molar-refractivity contribution in [3.05, 3.63) is 59.1 Å². The van der Waals surface area contributed by atoms with E-state index in [0.29, 0.717) is 5.82 Å². The molecular weight excluding hydrogens is 430 g/mol. The summed E-state index contributed by atoms with van der Waals surface area (Å²) >= 11 is 3.50. The molecule has 150 valence electrons.